The van der Waals surface area contributed by atoms with Crippen LogP contribution in [0.2, 0.25) is 0 Å². The van der Waals surface area contributed by atoms with E-state index in [0.717, 1.165) is 11.8 Å². The molecule has 2 aliphatic carbocycles. The molecule has 0 aliphatic heterocycles. The Balaban J connectivity index is 1.83. The van der Waals surface area contributed by atoms with Crippen molar-refractivity contribution >= 4 is 41.4 Å². The van der Waals surface area contributed by atoms with E-state index in [1.165, 1.54) is 11.8 Å². The predicted octanol–water partition coefficient (Wildman–Crippen LogP) is 0.655. The highest BCUT2D eigenvalue weighted by molar-refractivity contribution is 7.99. The van der Waals surface area contributed by atoms with Crippen LogP contribution < -0.4 is 11.1 Å². The first-order valence-electron chi connectivity index (χ1n) is 9.11. The van der Waals surface area contributed by atoms with Crippen LogP contribution in [0.5, 0.6) is 0 Å². The number of carbonyl (C=O) groups excluding carboxylic acids is 1. The summed E-state index contributed by atoms with van der Waals surface area (Å²) in [4.78, 5) is 39.7. The van der Waals surface area contributed by atoms with Crippen LogP contribution in [0.3, 0.4) is 0 Å². The van der Waals surface area contributed by atoms with Crippen LogP contribution in [-0.4, -0.2) is 72.1 Å². The van der Waals surface area contributed by atoms with Gasteiger partial charge in [-0.15, -0.1) is 5.10 Å². The number of aliphatic carboxylic acids is 2. The third-order valence-electron chi connectivity index (χ3n) is 5.57. The van der Waals surface area contributed by atoms with E-state index in [4.69, 9.17) is 5.73 Å². The molecule has 1 heterocycles. The Morgan fingerprint density at radius 3 is 2.58 bits per heavy atom. The maximum atomic E-state index is 12.7. The summed E-state index contributed by atoms with van der Waals surface area (Å²) >= 11 is 2.22. The van der Waals surface area contributed by atoms with Crippen molar-refractivity contribution in [2.75, 3.05) is 12.0 Å². The van der Waals surface area contributed by atoms with Crippen molar-refractivity contribution in [3.8, 4) is 0 Å². The minimum atomic E-state index is -4.74. The second-order valence-corrected chi connectivity index (χ2v) is 9.64. The van der Waals surface area contributed by atoms with Crippen molar-refractivity contribution in [3.05, 3.63) is 5.82 Å². The largest absolute Gasteiger partial charge is 0.481 e. The molecule has 0 bridgehead atoms. The molecular weight excluding hydrogens is 463 g/mol. The average molecular weight is 483 g/mol. The van der Waals surface area contributed by atoms with E-state index >= 15 is 0 Å². The Kier molecular flexibility index (Phi) is 6.49. The van der Waals surface area contributed by atoms with Gasteiger partial charge in [0.15, 0.2) is 0 Å². The fraction of sp³-hybridized carbons (Fsp3) is 0.688. The van der Waals surface area contributed by atoms with Crippen LogP contribution in [0.4, 0.5) is 13.2 Å². The second kappa shape index (κ2) is 8.50. The number of alkyl halides is 3. The maximum Gasteiger partial charge on any atom is 0.451 e. The van der Waals surface area contributed by atoms with Crippen molar-refractivity contribution in [1.29, 1.82) is 0 Å². The lowest BCUT2D eigenvalue weighted by Gasteiger charge is -2.31. The molecule has 0 aromatic carbocycles. The summed E-state index contributed by atoms with van der Waals surface area (Å²) in [6.07, 6.45) is -2.81. The van der Waals surface area contributed by atoms with E-state index in [-0.39, 0.29) is 11.6 Å². The lowest BCUT2D eigenvalue weighted by Crippen LogP contribution is -2.59. The molecular formula is C16H20F3N5O5S2. The van der Waals surface area contributed by atoms with E-state index in [1.54, 1.807) is 5.10 Å². The summed E-state index contributed by atoms with van der Waals surface area (Å²) < 4.78 is 38.2. The van der Waals surface area contributed by atoms with Gasteiger partial charge in [-0.2, -0.15) is 29.9 Å². The van der Waals surface area contributed by atoms with Crippen molar-refractivity contribution < 1.29 is 37.8 Å². The van der Waals surface area contributed by atoms with Gasteiger partial charge in [0.2, 0.25) is 16.9 Å². The Bertz CT molecular complexity index is 884. The number of hydrogen-bond acceptors (Lipinski definition) is 8. The number of thioether (sulfide) groups is 2. The van der Waals surface area contributed by atoms with Gasteiger partial charge in [0.1, 0.15) is 5.54 Å². The fourth-order valence-electron chi connectivity index (χ4n) is 4.13. The van der Waals surface area contributed by atoms with Gasteiger partial charge >= 0.3 is 18.1 Å². The van der Waals surface area contributed by atoms with Crippen LogP contribution in [0.1, 0.15) is 18.7 Å². The lowest BCUT2D eigenvalue weighted by molar-refractivity contribution is -0.150. The number of aromatic nitrogens is 3. The summed E-state index contributed by atoms with van der Waals surface area (Å²) in [6.45, 7) is 0. The molecule has 10 nitrogen and oxygen atoms in total. The van der Waals surface area contributed by atoms with Crippen molar-refractivity contribution in [2.24, 2.45) is 23.5 Å². The monoisotopic (exact) mass is 483 g/mol. The predicted molar refractivity (Wildman–Crippen MR) is 103 cm³/mol. The third kappa shape index (κ3) is 4.48. The summed E-state index contributed by atoms with van der Waals surface area (Å²) in [5.41, 5.74) is 3.94. The van der Waals surface area contributed by atoms with Gasteiger partial charge in [0.05, 0.1) is 12.0 Å². The standard InChI is InChI=1S/C16H20F3N5O5S2/c1-30-3-2-5(20)10(25)22-15(13(28)29)4-6(7-8(9(7)15)11(26)27)31-14-21-12(23-24-14)16(17,18)19/h5-9H,2-4,20H2,1H3,(H,22,25)(H,26,27)(H,28,29)(H,21,23,24)/t5-,6+,7-,8-,9-,15-/m0/s1. The molecule has 0 saturated heterocycles. The van der Waals surface area contributed by atoms with Crippen LogP contribution in [-0.2, 0) is 20.6 Å². The van der Waals surface area contributed by atoms with Gasteiger partial charge < -0.3 is 21.3 Å². The van der Waals surface area contributed by atoms with E-state index in [2.05, 4.69) is 15.4 Å². The molecule has 1 amide bonds. The summed E-state index contributed by atoms with van der Waals surface area (Å²) in [5.74, 6) is -6.76. The molecule has 2 fully saturated rings. The lowest BCUT2D eigenvalue weighted by atomic mass is 9.89. The van der Waals surface area contributed by atoms with E-state index in [1.807, 2.05) is 6.26 Å². The zero-order chi connectivity index (χ0) is 23.1. The number of carboxylic acids is 2. The first-order valence-corrected chi connectivity index (χ1v) is 11.4. The molecule has 15 heteroatoms. The molecule has 0 unspecified atom stereocenters. The van der Waals surface area contributed by atoms with Crippen LogP contribution in [0, 0.1) is 17.8 Å². The average Bonchev–Trinajstić information content (AvgIpc) is 3.11. The van der Waals surface area contributed by atoms with Gasteiger partial charge in [0.25, 0.3) is 0 Å². The highest BCUT2D eigenvalue weighted by Gasteiger charge is 2.76. The number of nitrogens with one attached hydrogen (secondary N) is 2. The Labute approximate surface area is 182 Å². The fourth-order valence-corrected chi connectivity index (χ4v) is 5.97. The zero-order valence-electron chi connectivity index (χ0n) is 16.0. The molecule has 2 saturated carbocycles. The number of fused-ring (bicyclic) bond motifs is 1. The first-order chi connectivity index (χ1) is 14.4. The SMILES string of the molecule is CSCC[C@H](N)C(=O)N[C@@]1(C(=O)O)C[C@@H](Sc2n[nH]c(C(F)(F)F)n2)[C@H]2[C@H](C(=O)O)[C@H]21. The number of halogens is 3. The summed E-state index contributed by atoms with van der Waals surface area (Å²) in [5, 5.41) is 26.1. The van der Waals surface area contributed by atoms with Gasteiger partial charge in [-0.3, -0.25) is 14.7 Å². The number of hydrogen-bond donors (Lipinski definition) is 5. The van der Waals surface area contributed by atoms with Gasteiger partial charge in [-0.1, -0.05) is 11.8 Å². The van der Waals surface area contributed by atoms with Gasteiger partial charge in [-0.05, 0) is 30.8 Å². The Morgan fingerprint density at radius 1 is 1.39 bits per heavy atom. The molecule has 2 aliphatic rings. The number of rotatable bonds is 9. The molecule has 0 spiro atoms. The topological polar surface area (TPSA) is 171 Å². The van der Waals surface area contributed by atoms with Crippen molar-refractivity contribution in [1.82, 2.24) is 20.5 Å². The minimum Gasteiger partial charge on any atom is -0.481 e. The number of carbonyl (C=O) groups is 3. The van der Waals surface area contributed by atoms with E-state index < -0.39 is 64.4 Å². The van der Waals surface area contributed by atoms with E-state index in [0.29, 0.717) is 12.2 Å². The third-order valence-corrected chi connectivity index (χ3v) is 7.39. The number of carboxylic acid groups (broad SMARTS) is 2. The number of amides is 1. The number of H-pyrrole nitrogens is 1. The molecule has 3 rings (SSSR count). The Hall–Kier alpha value is -2.00. The molecule has 6 atom stereocenters. The van der Waals surface area contributed by atoms with Gasteiger partial charge in [-0.25, -0.2) is 4.79 Å². The molecule has 1 aromatic rings. The highest BCUT2D eigenvalue weighted by atomic mass is 32.2. The number of nitrogens with zero attached hydrogens (tertiary/aromatic N) is 2. The van der Waals surface area contributed by atoms with Crippen molar-refractivity contribution in [2.45, 2.75) is 41.0 Å². The normalized spacial score (nSPS) is 30.5. The Morgan fingerprint density at radius 2 is 2.06 bits per heavy atom. The molecule has 0 radical (unpaired) electrons. The highest BCUT2D eigenvalue weighted by Crippen LogP contribution is 2.65. The zero-order valence-corrected chi connectivity index (χ0v) is 17.7. The van der Waals surface area contributed by atoms with Crippen LogP contribution >= 0.6 is 23.5 Å². The number of aromatic amines is 1. The molecule has 1 aromatic heterocycles. The first kappa shape index (κ1) is 23.7. The number of nitrogens with two attached hydrogens (primary N) is 1. The quantitative estimate of drug-likeness (QED) is 0.336. The summed E-state index contributed by atoms with van der Waals surface area (Å²) in [7, 11) is 0. The minimum absolute atomic E-state index is 0.191. The molecule has 172 valence electrons. The second-order valence-electron chi connectivity index (χ2n) is 7.45. The molecule has 31 heavy (non-hydrogen) atoms. The van der Waals surface area contributed by atoms with E-state index in [9.17, 15) is 37.8 Å². The smallest absolute Gasteiger partial charge is 0.451 e. The van der Waals surface area contributed by atoms with Crippen LogP contribution in [0.15, 0.2) is 5.16 Å². The van der Waals surface area contributed by atoms with Crippen molar-refractivity contribution in [3.63, 3.8) is 0 Å². The maximum absolute atomic E-state index is 12.7. The molecule has 6 N–H and O–H groups in total. The van der Waals surface area contributed by atoms with Crippen LogP contribution in [0.25, 0.3) is 0 Å². The van der Waals surface area contributed by atoms with Gasteiger partial charge in [0, 0.05) is 11.2 Å². The summed E-state index contributed by atoms with van der Waals surface area (Å²) in [6, 6.07) is -0.974.